The highest BCUT2D eigenvalue weighted by atomic mass is 16.5. The van der Waals surface area contributed by atoms with E-state index < -0.39 is 0 Å². The van der Waals surface area contributed by atoms with Gasteiger partial charge in [-0.15, -0.1) is 0 Å². The maximum atomic E-state index is 13.2. The predicted molar refractivity (Wildman–Crippen MR) is 96.3 cm³/mol. The van der Waals surface area contributed by atoms with Crippen LogP contribution in [0.4, 0.5) is 0 Å². The summed E-state index contributed by atoms with van der Waals surface area (Å²) in [6.07, 6.45) is 8.15. The molecule has 0 unspecified atom stereocenters. The molecule has 3 fully saturated rings. The monoisotopic (exact) mass is 360 g/mol. The van der Waals surface area contributed by atoms with Crippen molar-refractivity contribution in [3.8, 4) is 5.88 Å². The van der Waals surface area contributed by atoms with E-state index in [1.807, 2.05) is 4.90 Å². The quantitative estimate of drug-likeness (QED) is 0.781. The number of likely N-dealkylation sites (tertiary alicyclic amines) is 1. The van der Waals surface area contributed by atoms with E-state index >= 15 is 0 Å². The van der Waals surface area contributed by atoms with Crippen LogP contribution in [-0.4, -0.2) is 60.9 Å². The Hall–Kier alpha value is -1.66. The van der Waals surface area contributed by atoms with Crippen LogP contribution in [0.1, 0.15) is 48.9 Å². The van der Waals surface area contributed by atoms with Crippen molar-refractivity contribution < 1.29 is 19.0 Å². The van der Waals surface area contributed by atoms with Crippen LogP contribution in [-0.2, 0) is 9.47 Å². The van der Waals surface area contributed by atoms with Crippen LogP contribution in [0.5, 0.6) is 5.88 Å². The van der Waals surface area contributed by atoms with Crippen molar-refractivity contribution in [2.75, 3.05) is 27.4 Å². The normalized spacial score (nSPS) is 30.9. The van der Waals surface area contributed by atoms with Crippen LogP contribution in [0.15, 0.2) is 18.3 Å². The molecule has 0 radical (unpaired) electrons. The van der Waals surface area contributed by atoms with Crippen molar-refractivity contribution in [1.82, 2.24) is 9.88 Å². The fraction of sp³-hybridized carbons (Fsp3) is 0.700. The fourth-order valence-electron chi connectivity index (χ4n) is 4.43. The van der Waals surface area contributed by atoms with Crippen molar-refractivity contribution in [3.05, 3.63) is 23.9 Å². The molecule has 1 saturated heterocycles. The molecule has 6 nitrogen and oxygen atoms in total. The third-order valence-corrected chi connectivity index (χ3v) is 6.26. The molecule has 1 aliphatic heterocycles. The number of pyridine rings is 1. The van der Waals surface area contributed by atoms with E-state index in [4.69, 9.17) is 14.2 Å². The molecule has 142 valence electrons. The smallest absolute Gasteiger partial charge is 0.254 e. The third kappa shape index (κ3) is 3.32. The van der Waals surface area contributed by atoms with Gasteiger partial charge in [0.2, 0.25) is 5.88 Å². The van der Waals surface area contributed by atoms with E-state index in [0.29, 0.717) is 11.4 Å². The Labute approximate surface area is 154 Å². The van der Waals surface area contributed by atoms with Crippen molar-refractivity contribution in [1.29, 1.82) is 0 Å². The number of nitrogens with zero attached hydrogens (tertiary/aromatic N) is 2. The SMILES string of the molecule is COc1cc(C(=O)N2CC[C@]3(OC)CC[C@H](OCC4CC4)C[C@H]23)ccn1. The Morgan fingerprint density at radius 3 is 2.88 bits per heavy atom. The first kappa shape index (κ1) is 17.7. The summed E-state index contributed by atoms with van der Waals surface area (Å²) in [7, 11) is 3.34. The number of amides is 1. The van der Waals surface area contributed by atoms with Gasteiger partial charge in [0, 0.05) is 38.1 Å². The Morgan fingerprint density at radius 1 is 1.31 bits per heavy atom. The minimum Gasteiger partial charge on any atom is -0.481 e. The van der Waals surface area contributed by atoms with Crippen LogP contribution in [0.25, 0.3) is 0 Å². The molecular weight excluding hydrogens is 332 g/mol. The summed E-state index contributed by atoms with van der Waals surface area (Å²) in [5.74, 6) is 1.24. The molecule has 1 aromatic rings. The number of ether oxygens (including phenoxy) is 3. The maximum Gasteiger partial charge on any atom is 0.254 e. The Balaban J connectivity index is 1.50. The number of hydrogen-bond acceptors (Lipinski definition) is 5. The molecule has 0 aromatic carbocycles. The highest BCUT2D eigenvalue weighted by molar-refractivity contribution is 5.95. The highest BCUT2D eigenvalue weighted by Gasteiger charge is 2.52. The minimum absolute atomic E-state index is 0.0254. The summed E-state index contributed by atoms with van der Waals surface area (Å²) in [5.41, 5.74) is 0.386. The molecule has 0 spiro atoms. The van der Waals surface area contributed by atoms with Gasteiger partial charge in [0.05, 0.1) is 24.9 Å². The van der Waals surface area contributed by atoms with Crippen molar-refractivity contribution in [2.24, 2.45) is 5.92 Å². The number of rotatable bonds is 6. The topological polar surface area (TPSA) is 60.9 Å². The highest BCUT2D eigenvalue weighted by Crippen LogP contribution is 2.44. The first-order valence-electron chi connectivity index (χ1n) is 9.63. The van der Waals surface area contributed by atoms with Gasteiger partial charge in [-0.3, -0.25) is 4.79 Å². The second kappa shape index (κ2) is 7.16. The van der Waals surface area contributed by atoms with Gasteiger partial charge in [0.1, 0.15) is 0 Å². The summed E-state index contributed by atoms with van der Waals surface area (Å²) in [4.78, 5) is 19.2. The number of aromatic nitrogens is 1. The number of hydrogen-bond donors (Lipinski definition) is 0. The second-order valence-electron chi connectivity index (χ2n) is 7.79. The summed E-state index contributed by atoms with van der Waals surface area (Å²) in [6.45, 7) is 1.59. The van der Waals surface area contributed by atoms with Crippen molar-refractivity contribution in [3.63, 3.8) is 0 Å². The van der Waals surface area contributed by atoms with Gasteiger partial charge in [-0.05, 0) is 50.5 Å². The zero-order chi connectivity index (χ0) is 18.1. The van der Waals surface area contributed by atoms with Crippen LogP contribution >= 0.6 is 0 Å². The number of fused-ring (bicyclic) bond motifs is 1. The molecule has 2 heterocycles. The zero-order valence-corrected chi connectivity index (χ0v) is 15.6. The lowest BCUT2D eigenvalue weighted by atomic mass is 9.79. The zero-order valence-electron chi connectivity index (χ0n) is 15.6. The van der Waals surface area contributed by atoms with Crippen LogP contribution in [0.3, 0.4) is 0 Å². The molecule has 0 N–H and O–H groups in total. The van der Waals surface area contributed by atoms with E-state index in [0.717, 1.165) is 44.8 Å². The van der Waals surface area contributed by atoms with E-state index in [-0.39, 0.29) is 23.7 Å². The van der Waals surface area contributed by atoms with Crippen molar-refractivity contribution in [2.45, 2.75) is 56.3 Å². The summed E-state index contributed by atoms with van der Waals surface area (Å²) < 4.78 is 17.3. The molecule has 4 rings (SSSR count). The van der Waals surface area contributed by atoms with Crippen LogP contribution in [0.2, 0.25) is 0 Å². The van der Waals surface area contributed by atoms with Gasteiger partial charge >= 0.3 is 0 Å². The summed E-state index contributed by atoms with van der Waals surface area (Å²) in [6, 6.07) is 3.53. The lowest BCUT2D eigenvalue weighted by Crippen LogP contribution is -2.53. The fourth-order valence-corrected chi connectivity index (χ4v) is 4.43. The molecular formula is C20H28N2O4. The Morgan fingerprint density at radius 2 is 2.15 bits per heavy atom. The average molecular weight is 360 g/mol. The maximum absolute atomic E-state index is 13.2. The number of methoxy groups -OCH3 is 2. The molecule has 3 aliphatic rings. The van der Waals surface area contributed by atoms with Crippen LogP contribution < -0.4 is 4.74 Å². The molecule has 6 heteroatoms. The molecule has 1 amide bonds. The van der Waals surface area contributed by atoms with E-state index in [1.165, 1.54) is 12.8 Å². The van der Waals surface area contributed by atoms with Gasteiger partial charge < -0.3 is 19.1 Å². The third-order valence-electron chi connectivity index (χ3n) is 6.26. The molecule has 2 saturated carbocycles. The number of carbonyl (C=O) groups is 1. The van der Waals surface area contributed by atoms with E-state index in [1.54, 1.807) is 32.5 Å². The number of carbonyl (C=O) groups excluding carboxylic acids is 1. The lowest BCUT2D eigenvalue weighted by molar-refractivity contribution is -0.0977. The van der Waals surface area contributed by atoms with Crippen molar-refractivity contribution >= 4 is 5.91 Å². The Bertz CT molecular complexity index is 663. The average Bonchev–Trinajstić information content (AvgIpc) is 3.45. The van der Waals surface area contributed by atoms with Gasteiger partial charge in [-0.25, -0.2) is 4.98 Å². The second-order valence-corrected chi connectivity index (χ2v) is 7.79. The standard InChI is InChI=1S/C20H28N2O4/c1-24-18-11-15(6-9-21-18)19(23)22-10-8-20(25-2)7-5-16(12-17(20)22)26-13-14-3-4-14/h6,9,11,14,16-17H,3-5,7-8,10,12-13H2,1-2H3/t16-,17-,20+/m0/s1. The van der Waals surface area contributed by atoms with Gasteiger partial charge in [-0.1, -0.05) is 0 Å². The first-order chi connectivity index (χ1) is 12.6. The molecule has 2 aliphatic carbocycles. The molecule has 3 atom stereocenters. The molecule has 0 bridgehead atoms. The van der Waals surface area contributed by atoms with Gasteiger partial charge in [0.25, 0.3) is 5.91 Å². The van der Waals surface area contributed by atoms with Gasteiger partial charge in [0.15, 0.2) is 0 Å². The van der Waals surface area contributed by atoms with E-state index in [9.17, 15) is 4.79 Å². The first-order valence-corrected chi connectivity index (χ1v) is 9.63. The van der Waals surface area contributed by atoms with Gasteiger partial charge in [-0.2, -0.15) is 0 Å². The summed E-state index contributed by atoms with van der Waals surface area (Å²) >= 11 is 0. The molecule has 26 heavy (non-hydrogen) atoms. The lowest BCUT2D eigenvalue weighted by Gasteiger charge is -2.43. The van der Waals surface area contributed by atoms with Crippen LogP contribution in [0, 0.1) is 5.92 Å². The van der Waals surface area contributed by atoms with E-state index in [2.05, 4.69) is 4.98 Å². The minimum atomic E-state index is -0.230. The predicted octanol–water partition coefficient (Wildman–Crippen LogP) is 2.67. The molecule has 1 aromatic heterocycles. The Kier molecular flexibility index (Phi) is 4.88. The largest absolute Gasteiger partial charge is 0.481 e. The summed E-state index contributed by atoms with van der Waals surface area (Å²) in [5, 5.41) is 0.